The van der Waals surface area contributed by atoms with Gasteiger partial charge in [-0.3, -0.25) is 5.10 Å². The molecule has 1 fully saturated rings. The number of aromatic nitrogens is 3. The van der Waals surface area contributed by atoms with Gasteiger partial charge in [0.25, 0.3) is 0 Å². The summed E-state index contributed by atoms with van der Waals surface area (Å²) in [4.78, 5) is 4.19. The molecule has 0 radical (unpaired) electrons. The molecule has 0 spiro atoms. The summed E-state index contributed by atoms with van der Waals surface area (Å²) in [5, 5.41) is 15.2. The summed E-state index contributed by atoms with van der Waals surface area (Å²) >= 11 is 0. The summed E-state index contributed by atoms with van der Waals surface area (Å²) in [7, 11) is 0. The van der Waals surface area contributed by atoms with Gasteiger partial charge in [-0.25, -0.2) is 4.98 Å². The molecule has 1 aromatic rings. The monoisotopic (exact) mass is 192 g/mol. The molecule has 2 rings (SSSR count). The van der Waals surface area contributed by atoms with Crippen LogP contribution in [0.5, 0.6) is 0 Å². The van der Waals surface area contributed by atoms with Crippen molar-refractivity contribution in [2.45, 2.75) is 31.8 Å². The minimum Gasteiger partial charge on any atom is -0.378 e. The van der Waals surface area contributed by atoms with Crippen LogP contribution in [0.1, 0.15) is 24.5 Å². The lowest BCUT2D eigenvalue weighted by molar-refractivity contribution is 0.110. The molecule has 14 heavy (non-hydrogen) atoms. The summed E-state index contributed by atoms with van der Waals surface area (Å²) in [5.74, 6) is 1.39. The summed E-state index contributed by atoms with van der Waals surface area (Å²) in [6.45, 7) is 0.851. The summed E-state index contributed by atoms with van der Waals surface area (Å²) in [6.07, 6.45) is 3.54. The van der Waals surface area contributed by atoms with E-state index in [9.17, 15) is 0 Å². The van der Waals surface area contributed by atoms with Gasteiger partial charge in [0.2, 0.25) is 0 Å². The van der Waals surface area contributed by atoms with Crippen molar-refractivity contribution in [3.05, 3.63) is 11.6 Å². The van der Waals surface area contributed by atoms with Crippen LogP contribution in [0.2, 0.25) is 0 Å². The third-order valence-electron chi connectivity index (χ3n) is 2.26. The minimum atomic E-state index is 0.266. The van der Waals surface area contributed by atoms with Gasteiger partial charge in [0, 0.05) is 13.0 Å². The Morgan fingerprint density at radius 3 is 3.29 bits per heavy atom. The summed E-state index contributed by atoms with van der Waals surface area (Å²) < 4.78 is 5.47. The molecule has 5 heteroatoms. The van der Waals surface area contributed by atoms with E-state index in [0.717, 1.165) is 31.7 Å². The molecule has 1 N–H and O–H groups in total. The molecule has 1 aliphatic heterocycles. The number of hydrogen-bond donors (Lipinski definition) is 1. The zero-order chi connectivity index (χ0) is 9.80. The molecule has 1 atom stereocenters. The second-order valence-electron chi connectivity index (χ2n) is 3.37. The topological polar surface area (TPSA) is 74.6 Å². The zero-order valence-corrected chi connectivity index (χ0v) is 7.86. The second-order valence-corrected chi connectivity index (χ2v) is 3.37. The fourth-order valence-corrected chi connectivity index (χ4v) is 1.60. The molecule has 0 aromatic carbocycles. The Hall–Kier alpha value is -1.41. The Balaban J connectivity index is 1.92. The molecule has 1 saturated heterocycles. The van der Waals surface area contributed by atoms with Gasteiger partial charge in [-0.2, -0.15) is 10.4 Å². The molecule has 0 aliphatic carbocycles. The Bertz CT molecular complexity index is 335. The van der Waals surface area contributed by atoms with Gasteiger partial charge in [-0.15, -0.1) is 0 Å². The van der Waals surface area contributed by atoms with Crippen molar-refractivity contribution in [2.75, 3.05) is 6.61 Å². The standard InChI is InChI=1S/C9H12N4O/c10-4-3-8-11-9(13-12-8)6-7-2-1-5-14-7/h7H,1-3,5-6H2,(H,11,12,13). The van der Waals surface area contributed by atoms with E-state index in [1.807, 2.05) is 6.07 Å². The number of rotatable bonds is 3. The lowest BCUT2D eigenvalue weighted by Crippen LogP contribution is -2.09. The molecule has 1 aromatic heterocycles. The first-order valence-corrected chi connectivity index (χ1v) is 4.77. The predicted octanol–water partition coefficient (Wildman–Crippen LogP) is 0.592. The smallest absolute Gasteiger partial charge is 0.164 e. The highest BCUT2D eigenvalue weighted by Crippen LogP contribution is 2.15. The summed E-state index contributed by atoms with van der Waals surface area (Å²) in [5.41, 5.74) is 0. The number of nitrogens with zero attached hydrogens (tertiary/aromatic N) is 3. The maximum atomic E-state index is 8.44. The van der Waals surface area contributed by atoms with E-state index in [2.05, 4.69) is 15.2 Å². The average molecular weight is 192 g/mol. The van der Waals surface area contributed by atoms with Crippen molar-refractivity contribution in [3.8, 4) is 6.07 Å². The Morgan fingerprint density at radius 1 is 1.64 bits per heavy atom. The van der Waals surface area contributed by atoms with Crippen LogP contribution in [0.25, 0.3) is 0 Å². The van der Waals surface area contributed by atoms with Gasteiger partial charge in [-0.1, -0.05) is 0 Å². The molecule has 5 nitrogen and oxygen atoms in total. The van der Waals surface area contributed by atoms with Crippen molar-refractivity contribution >= 4 is 0 Å². The molecule has 0 amide bonds. The van der Waals surface area contributed by atoms with Crippen LogP contribution in [0.15, 0.2) is 0 Å². The van der Waals surface area contributed by atoms with Crippen LogP contribution < -0.4 is 0 Å². The van der Waals surface area contributed by atoms with Crippen LogP contribution in [-0.2, 0) is 17.6 Å². The number of hydrogen-bond acceptors (Lipinski definition) is 4. The number of nitriles is 1. The van der Waals surface area contributed by atoms with Crippen molar-refractivity contribution in [2.24, 2.45) is 0 Å². The third-order valence-corrected chi connectivity index (χ3v) is 2.26. The normalized spacial score (nSPS) is 20.9. The van der Waals surface area contributed by atoms with Crippen LogP contribution >= 0.6 is 0 Å². The van der Waals surface area contributed by atoms with E-state index in [4.69, 9.17) is 10.00 Å². The van der Waals surface area contributed by atoms with E-state index in [-0.39, 0.29) is 12.5 Å². The highest BCUT2D eigenvalue weighted by Gasteiger charge is 2.17. The van der Waals surface area contributed by atoms with Gasteiger partial charge in [0.1, 0.15) is 5.82 Å². The largest absolute Gasteiger partial charge is 0.378 e. The highest BCUT2D eigenvalue weighted by molar-refractivity contribution is 4.97. The third kappa shape index (κ3) is 2.09. The molecule has 0 saturated carbocycles. The fourth-order valence-electron chi connectivity index (χ4n) is 1.60. The van der Waals surface area contributed by atoms with Gasteiger partial charge in [0.05, 0.1) is 18.6 Å². The molecule has 0 bridgehead atoms. The second kappa shape index (κ2) is 4.20. The fraction of sp³-hybridized carbons (Fsp3) is 0.667. The van der Waals surface area contributed by atoms with E-state index in [1.54, 1.807) is 0 Å². The predicted molar refractivity (Wildman–Crippen MR) is 48.4 cm³/mol. The highest BCUT2D eigenvalue weighted by atomic mass is 16.5. The SMILES string of the molecule is N#CCc1n[nH]c(CC2CCCO2)n1. The molecule has 1 unspecified atom stereocenters. The minimum absolute atomic E-state index is 0.266. The van der Waals surface area contributed by atoms with E-state index >= 15 is 0 Å². The van der Waals surface area contributed by atoms with Gasteiger partial charge in [0.15, 0.2) is 5.82 Å². The van der Waals surface area contributed by atoms with Crippen molar-refractivity contribution in [1.82, 2.24) is 15.2 Å². The van der Waals surface area contributed by atoms with Crippen LogP contribution in [0.3, 0.4) is 0 Å². The molecule has 2 heterocycles. The average Bonchev–Trinajstić information content (AvgIpc) is 2.79. The van der Waals surface area contributed by atoms with E-state index < -0.39 is 0 Å². The number of nitrogens with one attached hydrogen (secondary N) is 1. The first-order chi connectivity index (χ1) is 6.88. The first-order valence-electron chi connectivity index (χ1n) is 4.77. The summed E-state index contributed by atoms with van der Waals surface area (Å²) in [6, 6.07) is 2.01. The molecular weight excluding hydrogens is 180 g/mol. The van der Waals surface area contributed by atoms with Crippen molar-refractivity contribution in [3.63, 3.8) is 0 Å². The number of ether oxygens (including phenoxy) is 1. The number of aromatic amines is 1. The maximum absolute atomic E-state index is 8.44. The van der Waals surface area contributed by atoms with Crippen LogP contribution in [0.4, 0.5) is 0 Å². The molecule has 1 aliphatic rings. The van der Waals surface area contributed by atoms with E-state index in [1.165, 1.54) is 0 Å². The van der Waals surface area contributed by atoms with Crippen LogP contribution in [-0.4, -0.2) is 27.9 Å². The quantitative estimate of drug-likeness (QED) is 0.760. The van der Waals surface area contributed by atoms with Crippen molar-refractivity contribution in [1.29, 1.82) is 5.26 Å². The molecule has 74 valence electrons. The Labute approximate surface area is 82.1 Å². The number of H-pyrrole nitrogens is 1. The lowest BCUT2D eigenvalue weighted by Gasteiger charge is -2.04. The van der Waals surface area contributed by atoms with Gasteiger partial charge < -0.3 is 4.74 Å². The van der Waals surface area contributed by atoms with E-state index in [0.29, 0.717) is 5.82 Å². The zero-order valence-electron chi connectivity index (χ0n) is 7.86. The maximum Gasteiger partial charge on any atom is 0.164 e. The molecular formula is C9H12N4O. The van der Waals surface area contributed by atoms with Crippen molar-refractivity contribution < 1.29 is 4.74 Å². The Kier molecular flexibility index (Phi) is 2.75. The van der Waals surface area contributed by atoms with Gasteiger partial charge in [-0.05, 0) is 12.8 Å². The van der Waals surface area contributed by atoms with Crippen LogP contribution in [0, 0.1) is 11.3 Å². The first kappa shape index (κ1) is 9.16. The Morgan fingerprint density at radius 2 is 2.57 bits per heavy atom. The van der Waals surface area contributed by atoms with Gasteiger partial charge >= 0.3 is 0 Å². The lowest BCUT2D eigenvalue weighted by atomic mass is 10.2.